The molecule has 0 aromatic heterocycles. The van der Waals surface area contributed by atoms with E-state index in [0.29, 0.717) is 13.0 Å². The van der Waals surface area contributed by atoms with Gasteiger partial charge in [0.05, 0.1) is 27.2 Å². The Balaban J connectivity index is 2.11. The molecular formula is C13H18NO5+. The summed E-state index contributed by atoms with van der Waals surface area (Å²) in [6, 6.07) is -0.330. The largest absolute Gasteiger partial charge is 0.469 e. The maximum atomic E-state index is 11.9. The number of esters is 2. The van der Waals surface area contributed by atoms with Gasteiger partial charge in [-0.05, 0) is 12.2 Å². The van der Waals surface area contributed by atoms with Crippen LogP contribution in [0.25, 0.3) is 0 Å². The number of ether oxygens (including phenoxy) is 2. The Bertz CT molecular complexity index is 431. The molecule has 1 fully saturated rings. The highest BCUT2D eigenvalue weighted by Gasteiger charge is 2.52. The minimum absolute atomic E-state index is 0.0162. The van der Waals surface area contributed by atoms with Crippen LogP contribution in [-0.2, 0) is 23.9 Å². The van der Waals surface area contributed by atoms with Crippen LogP contribution in [0.5, 0.6) is 0 Å². The lowest BCUT2D eigenvalue weighted by Crippen LogP contribution is -3.18. The maximum absolute atomic E-state index is 11.9. The van der Waals surface area contributed by atoms with E-state index in [9.17, 15) is 14.4 Å². The molecule has 0 saturated carbocycles. The van der Waals surface area contributed by atoms with E-state index >= 15 is 0 Å². The molecule has 1 N–H and O–H groups in total. The fraction of sp³-hybridized carbons (Fsp3) is 0.615. The molecule has 0 amide bonds. The first-order valence-electron chi connectivity index (χ1n) is 6.30. The van der Waals surface area contributed by atoms with Gasteiger partial charge in [-0.1, -0.05) is 0 Å². The molecule has 0 aromatic carbocycles. The second-order valence-electron chi connectivity index (χ2n) is 4.86. The van der Waals surface area contributed by atoms with Crippen molar-refractivity contribution in [3.63, 3.8) is 0 Å². The predicted octanol–water partition coefficient (Wildman–Crippen LogP) is -1.50. The van der Waals surface area contributed by atoms with Gasteiger partial charge >= 0.3 is 11.9 Å². The summed E-state index contributed by atoms with van der Waals surface area (Å²) in [7, 11) is 2.69. The molecule has 6 heteroatoms. The van der Waals surface area contributed by atoms with E-state index in [4.69, 9.17) is 4.74 Å². The van der Waals surface area contributed by atoms with Gasteiger partial charge in [0.25, 0.3) is 0 Å². The number of carbonyl (C=O) groups is 3. The number of hydrogen-bond donors (Lipinski definition) is 1. The normalized spacial score (nSPS) is 32.2. The van der Waals surface area contributed by atoms with Gasteiger partial charge in [-0.2, -0.15) is 0 Å². The number of ketones is 1. The molecule has 6 nitrogen and oxygen atoms in total. The zero-order chi connectivity index (χ0) is 14.0. The quantitative estimate of drug-likeness (QED) is 0.628. The van der Waals surface area contributed by atoms with E-state index in [2.05, 4.69) is 4.74 Å². The van der Waals surface area contributed by atoms with E-state index in [1.165, 1.54) is 14.2 Å². The lowest BCUT2D eigenvalue weighted by atomic mass is 10.0. The number of methoxy groups -OCH3 is 2. The summed E-state index contributed by atoms with van der Waals surface area (Å²) in [6.45, 7) is 0.492. The van der Waals surface area contributed by atoms with Crippen molar-refractivity contribution in [2.45, 2.75) is 24.9 Å². The van der Waals surface area contributed by atoms with Crippen LogP contribution >= 0.6 is 0 Å². The van der Waals surface area contributed by atoms with Crippen molar-refractivity contribution in [3.8, 4) is 0 Å². The van der Waals surface area contributed by atoms with Gasteiger partial charge in [-0.3, -0.25) is 14.4 Å². The van der Waals surface area contributed by atoms with Crippen LogP contribution < -0.4 is 4.90 Å². The van der Waals surface area contributed by atoms with Crippen molar-refractivity contribution >= 4 is 17.7 Å². The standard InChI is InChI=1S/C13H17NO5/c1-18-12(16)5-6-14-9-3-4-11(15)10(14)7-8(9)13(17)19-2/h3-4,8-10H,5-7H2,1-2H3/p+1. The Kier molecular flexibility index (Phi) is 3.99. The summed E-state index contributed by atoms with van der Waals surface area (Å²) in [6.07, 6.45) is 4.04. The van der Waals surface area contributed by atoms with E-state index in [1.807, 2.05) is 0 Å². The first-order valence-corrected chi connectivity index (χ1v) is 6.30. The average molecular weight is 268 g/mol. The van der Waals surface area contributed by atoms with Gasteiger partial charge < -0.3 is 14.4 Å². The molecule has 2 rings (SSSR count). The summed E-state index contributed by atoms with van der Waals surface area (Å²) < 4.78 is 9.39. The van der Waals surface area contributed by atoms with Crippen molar-refractivity contribution in [2.75, 3.05) is 20.8 Å². The highest BCUT2D eigenvalue weighted by atomic mass is 16.5. The van der Waals surface area contributed by atoms with Crippen molar-refractivity contribution < 1.29 is 28.8 Å². The van der Waals surface area contributed by atoms with Crippen LogP contribution in [0.15, 0.2) is 12.2 Å². The fourth-order valence-electron chi connectivity index (χ4n) is 3.00. The van der Waals surface area contributed by atoms with E-state index in [0.717, 1.165) is 4.90 Å². The van der Waals surface area contributed by atoms with Crippen LogP contribution in [0, 0.1) is 5.92 Å². The summed E-state index contributed by atoms with van der Waals surface area (Å²) in [5, 5.41) is 0. The Hall–Kier alpha value is -1.69. The van der Waals surface area contributed by atoms with Gasteiger partial charge in [0, 0.05) is 6.42 Å². The minimum atomic E-state index is -0.302. The first kappa shape index (κ1) is 13.7. The molecule has 1 saturated heterocycles. The van der Waals surface area contributed by atoms with Gasteiger partial charge in [0.2, 0.25) is 5.78 Å². The number of fused-ring (bicyclic) bond motifs is 2. The third-order valence-corrected chi connectivity index (χ3v) is 3.96. The zero-order valence-electron chi connectivity index (χ0n) is 11.0. The summed E-state index contributed by atoms with van der Waals surface area (Å²) in [4.78, 5) is 35.8. The van der Waals surface area contributed by atoms with Crippen molar-refractivity contribution in [2.24, 2.45) is 5.92 Å². The third-order valence-electron chi connectivity index (χ3n) is 3.96. The summed E-state index contributed by atoms with van der Waals surface area (Å²) >= 11 is 0. The minimum Gasteiger partial charge on any atom is -0.469 e. The molecule has 4 atom stereocenters. The maximum Gasteiger partial charge on any atom is 0.315 e. The van der Waals surface area contributed by atoms with Crippen LogP contribution in [0.2, 0.25) is 0 Å². The monoisotopic (exact) mass is 268 g/mol. The molecule has 2 aliphatic rings. The van der Waals surface area contributed by atoms with Gasteiger partial charge in [-0.15, -0.1) is 0 Å². The number of hydrogen-bond acceptors (Lipinski definition) is 5. The Labute approximate surface area is 111 Å². The predicted molar refractivity (Wildman–Crippen MR) is 64.3 cm³/mol. The molecule has 2 aliphatic heterocycles. The van der Waals surface area contributed by atoms with Crippen LogP contribution in [0.3, 0.4) is 0 Å². The van der Waals surface area contributed by atoms with Gasteiger partial charge in [0.1, 0.15) is 12.0 Å². The summed E-state index contributed by atoms with van der Waals surface area (Å²) in [5.41, 5.74) is 0. The highest BCUT2D eigenvalue weighted by Crippen LogP contribution is 2.23. The number of rotatable bonds is 4. The molecule has 2 heterocycles. The number of quaternary nitrogens is 1. The molecule has 0 radical (unpaired) electrons. The van der Waals surface area contributed by atoms with Crippen molar-refractivity contribution in [1.82, 2.24) is 0 Å². The van der Waals surface area contributed by atoms with E-state index in [-0.39, 0.29) is 42.1 Å². The highest BCUT2D eigenvalue weighted by molar-refractivity contribution is 5.95. The van der Waals surface area contributed by atoms with Crippen LogP contribution in [0.4, 0.5) is 0 Å². The summed E-state index contributed by atoms with van der Waals surface area (Å²) in [5.74, 6) is -0.876. The Morgan fingerprint density at radius 2 is 2.11 bits per heavy atom. The molecule has 0 spiro atoms. The second kappa shape index (κ2) is 5.52. The topological polar surface area (TPSA) is 74.1 Å². The molecule has 19 heavy (non-hydrogen) atoms. The first-order chi connectivity index (χ1) is 9.08. The molecule has 2 bridgehead atoms. The van der Waals surface area contributed by atoms with E-state index < -0.39 is 0 Å². The third kappa shape index (κ3) is 2.53. The van der Waals surface area contributed by atoms with Crippen LogP contribution in [0.1, 0.15) is 12.8 Å². The fourth-order valence-corrected chi connectivity index (χ4v) is 3.00. The molecule has 0 aliphatic carbocycles. The lowest BCUT2D eigenvalue weighted by molar-refractivity contribution is -0.922. The molecule has 0 aromatic rings. The Morgan fingerprint density at radius 1 is 1.37 bits per heavy atom. The zero-order valence-corrected chi connectivity index (χ0v) is 11.0. The SMILES string of the molecule is COC(=O)CC[NH+]1C2CC(C(=O)OC)C1C=CC2=O. The average Bonchev–Trinajstić information content (AvgIpc) is 2.70. The smallest absolute Gasteiger partial charge is 0.315 e. The lowest BCUT2D eigenvalue weighted by Gasteiger charge is -2.27. The molecular weight excluding hydrogens is 250 g/mol. The van der Waals surface area contributed by atoms with Crippen molar-refractivity contribution in [1.29, 1.82) is 0 Å². The van der Waals surface area contributed by atoms with E-state index in [1.54, 1.807) is 12.2 Å². The Morgan fingerprint density at radius 3 is 2.74 bits per heavy atom. The van der Waals surface area contributed by atoms with Gasteiger partial charge in [-0.25, -0.2) is 0 Å². The molecule has 104 valence electrons. The van der Waals surface area contributed by atoms with Crippen molar-refractivity contribution in [3.05, 3.63) is 12.2 Å². The van der Waals surface area contributed by atoms with Crippen LogP contribution in [-0.4, -0.2) is 50.6 Å². The van der Waals surface area contributed by atoms with Gasteiger partial charge in [0.15, 0.2) is 6.04 Å². The second-order valence-corrected chi connectivity index (χ2v) is 4.86. The number of nitrogens with one attached hydrogen (secondary N) is 1. The molecule has 4 unspecified atom stereocenters. The number of carbonyl (C=O) groups excluding carboxylic acids is 3.